The van der Waals surface area contributed by atoms with Crippen molar-refractivity contribution < 1.29 is 47.4 Å². The maximum Gasteiger partial charge on any atom is 4.00 e. The van der Waals surface area contributed by atoms with Gasteiger partial charge in [0.2, 0.25) is 0 Å². The first-order chi connectivity index (χ1) is 3.46. The van der Waals surface area contributed by atoms with E-state index in [0.29, 0.717) is 0 Å². The van der Waals surface area contributed by atoms with Gasteiger partial charge in [-0.25, -0.2) is 0 Å². The van der Waals surface area contributed by atoms with Crippen LogP contribution in [0.4, 0.5) is 0 Å². The predicted molar refractivity (Wildman–Crippen MR) is 34.1 cm³/mol. The minimum Gasteiger partial charge on any atom is -0.870 e. The summed E-state index contributed by atoms with van der Waals surface area (Å²) in [6.45, 7) is 6.44. The van der Waals surface area contributed by atoms with E-state index in [0.717, 1.165) is 0 Å². The summed E-state index contributed by atoms with van der Waals surface area (Å²) < 4.78 is 0. The van der Waals surface area contributed by atoms with Gasteiger partial charge in [-0.05, 0) is 0 Å². The minimum atomic E-state index is -0.417. The molecule has 0 saturated carbocycles. The van der Waals surface area contributed by atoms with E-state index >= 15 is 0 Å². The molecule has 11 heavy (non-hydrogen) atoms. The summed E-state index contributed by atoms with van der Waals surface area (Å²) in [6.07, 6.45) is -0.833. The Kier molecular flexibility index (Phi) is 60.8. The van der Waals surface area contributed by atoms with Crippen LogP contribution >= 0.6 is 0 Å². The SMILES string of the molecule is CC(C)[O-].CC(C)[O-].[OH-].[OH-].[Zr+4]. The predicted octanol–water partition coefficient (Wildman–Crippen LogP) is -0.846. The van der Waals surface area contributed by atoms with Crippen LogP contribution in [0, 0.1) is 0 Å². The molecule has 4 nitrogen and oxygen atoms in total. The van der Waals surface area contributed by atoms with Gasteiger partial charge in [0.15, 0.2) is 0 Å². The second-order valence-corrected chi connectivity index (χ2v) is 2.10. The fourth-order valence-electron chi connectivity index (χ4n) is 0. The van der Waals surface area contributed by atoms with Crippen molar-refractivity contribution in [1.82, 2.24) is 0 Å². The molecular weight excluding hydrogens is 227 g/mol. The van der Waals surface area contributed by atoms with Gasteiger partial charge in [-0.2, -0.15) is 0 Å². The Morgan fingerprint density at radius 1 is 0.727 bits per heavy atom. The standard InChI is InChI=1S/2C3H7O.2H2O.Zr/c2*1-3(2)4;;;/h2*3H,1-2H3;2*1H2;/q2*-1;;;+4/p-2. The molecule has 0 aromatic rings. The topological polar surface area (TPSA) is 106 Å². The van der Waals surface area contributed by atoms with E-state index in [1.54, 1.807) is 27.7 Å². The molecule has 68 valence electrons. The minimum absolute atomic E-state index is 0. The van der Waals surface area contributed by atoms with Crippen molar-refractivity contribution in [3.8, 4) is 0 Å². The Labute approximate surface area is 87.4 Å². The molecule has 0 rings (SSSR count). The molecule has 0 heterocycles. The van der Waals surface area contributed by atoms with Crippen LogP contribution in [0.3, 0.4) is 0 Å². The average Bonchev–Trinajstić information content (AvgIpc) is 1.25. The van der Waals surface area contributed by atoms with Gasteiger partial charge < -0.3 is 21.2 Å². The van der Waals surface area contributed by atoms with Gasteiger partial charge in [-0.15, -0.1) is 12.2 Å². The van der Waals surface area contributed by atoms with Crippen LogP contribution in [0.15, 0.2) is 0 Å². The normalized spacial score (nSPS) is 6.55. The quantitative estimate of drug-likeness (QED) is 0.552. The second kappa shape index (κ2) is 22.4. The van der Waals surface area contributed by atoms with Crippen molar-refractivity contribution in [2.45, 2.75) is 39.9 Å². The van der Waals surface area contributed by atoms with Gasteiger partial charge in [-0.3, -0.25) is 0 Å². The van der Waals surface area contributed by atoms with Gasteiger partial charge in [0.05, 0.1) is 0 Å². The van der Waals surface area contributed by atoms with E-state index in [1.807, 2.05) is 0 Å². The van der Waals surface area contributed by atoms with Crippen LogP contribution < -0.4 is 10.2 Å². The smallest absolute Gasteiger partial charge is 0.870 e. The van der Waals surface area contributed by atoms with Crippen molar-refractivity contribution in [2.24, 2.45) is 0 Å². The molecule has 0 bridgehead atoms. The van der Waals surface area contributed by atoms with E-state index in [9.17, 15) is 10.2 Å². The molecule has 0 atom stereocenters. The Morgan fingerprint density at radius 2 is 0.727 bits per heavy atom. The van der Waals surface area contributed by atoms with Gasteiger partial charge in [0.25, 0.3) is 0 Å². The van der Waals surface area contributed by atoms with Crippen LogP contribution in [0.25, 0.3) is 0 Å². The van der Waals surface area contributed by atoms with Crippen molar-refractivity contribution in [3.05, 3.63) is 0 Å². The van der Waals surface area contributed by atoms with Crippen molar-refractivity contribution in [1.29, 1.82) is 0 Å². The molecule has 0 fully saturated rings. The monoisotopic (exact) mass is 242 g/mol. The molecule has 0 spiro atoms. The Balaban J connectivity index is -0.0000000171. The fourth-order valence-corrected chi connectivity index (χ4v) is 0. The molecule has 5 heteroatoms. The van der Waals surface area contributed by atoms with Gasteiger partial charge in [0, 0.05) is 0 Å². The van der Waals surface area contributed by atoms with Crippen molar-refractivity contribution >= 4 is 0 Å². The Morgan fingerprint density at radius 3 is 0.727 bits per heavy atom. The Bertz CT molecular complexity index is 30.1. The van der Waals surface area contributed by atoms with Crippen LogP contribution in [-0.4, -0.2) is 23.2 Å². The van der Waals surface area contributed by atoms with Gasteiger partial charge in [-0.1, -0.05) is 27.7 Å². The van der Waals surface area contributed by atoms with Crippen LogP contribution in [0.1, 0.15) is 27.7 Å². The van der Waals surface area contributed by atoms with E-state index in [2.05, 4.69) is 0 Å². The van der Waals surface area contributed by atoms with Crippen molar-refractivity contribution in [3.63, 3.8) is 0 Å². The zero-order valence-corrected chi connectivity index (χ0v) is 9.82. The van der Waals surface area contributed by atoms with E-state index in [1.165, 1.54) is 0 Å². The zero-order valence-electron chi connectivity index (χ0n) is 7.37. The molecule has 0 aromatic heterocycles. The largest absolute Gasteiger partial charge is 4.00 e. The third-order valence-electron chi connectivity index (χ3n) is 0. The summed E-state index contributed by atoms with van der Waals surface area (Å²) in [6, 6.07) is 0. The summed E-state index contributed by atoms with van der Waals surface area (Å²) in [7, 11) is 0. The first kappa shape index (κ1) is 29.8. The van der Waals surface area contributed by atoms with E-state index in [4.69, 9.17) is 0 Å². The summed E-state index contributed by atoms with van der Waals surface area (Å²) in [5.41, 5.74) is 0. The van der Waals surface area contributed by atoms with E-state index < -0.39 is 12.2 Å². The van der Waals surface area contributed by atoms with Crippen molar-refractivity contribution in [2.75, 3.05) is 0 Å². The molecule has 2 N–H and O–H groups in total. The van der Waals surface area contributed by atoms with Crippen LogP contribution in [0.5, 0.6) is 0 Å². The first-order valence-electron chi connectivity index (χ1n) is 2.78. The maximum atomic E-state index is 9.53. The summed E-state index contributed by atoms with van der Waals surface area (Å²) >= 11 is 0. The molecule has 0 aromatic carbocycles. The Hall–Kier alpha value is 0.723. The molecule has 0 unspecified atom stereocenters. The first-order valence-corrected chi connectivity index (χ1v) is 2.78. The molecular formula is C6H16O4Zr. The summed E-state index contributed by atoms with van der Waals surface area (Å²) in [5, 5.41) is 19.1. The summed E-state index contributed by atoms with van der Waals surface area (Å²) in [5.74, 6) is 0. The van der Waals surface area contributed by atoms with Gasteiger partial charge >= 0.3 is 26.2 Å². The zero-order chi connectivity index (χ0) is 7.15. The fraction of sp³-hybridized carbons (Fsp3) is 1.00. The van der Waals surface area contributed by atoms with Crippen LogP contribution in [-0.2, 0) is 26.2 Å². The number of rotatable bonds is 0. The molecule has 0 aliphatic carbocycles. The molecule has 0 radical (unpaired) electrons. The van der Waals surface area contributed by atoms with Crippen LogP contribution in [0.2, 0.25) is 0 Å². The third kappa shape index (κ3) is 1560. The number of hydrogen-bond acceptors (Lipinski definition) is 4. The molecule has 0 aliphatic rings. The third-order valence-corrected chi connectivity index (χ3v) is 0. The van der Waals surface area contributed by atoms with Gasteiger partial charge in [0.1, 0.15) is 0 Å². The van der Waals surface area contributed by atoms with E-state index in [-0.39, 0.29) is 37.2 Å². The number of hydrogen-bond donors (Lipinski definition) is 0. The average molecular weight is 243 g/mol. The summed E-state index contributed by atoms with van der Waals surface area (Å²) in [4.78, 5) is 0. The molecule has 0 amide bonds. The maximum absolute atomic E-state index is 9.53. The molecule has 0 saturated heterocycles. The second-order valence-electron chi connectivity index (χ2n) is 2.10. The molecule has 0 aliphatic heterocycles.